The van der Waals surface area contributed by atoms with Crippen LogP contribution in [-0.2, 0) is 0 Å². The second-order valence-corrected chi connectivity index (χ2v) is 4.57. The van der Waals surface area contributed by atoms with Gasteiger partial charge in [0, 0.05) is 11.6 Å². The predicted octanol–water partition coefficient (Wildman–Crippen LogP) is 3.23. The Kier molecular flexibility index (Phi) is 4.25. The second-order valence-electron chi connectivity index (χ2n) is 4.57. The lowest BCUT2D eigenvalue weighted by atomic mass is 9.99. The Balaban J connectivity index is 2.46. The lowest BCUT2D eigenvalue weighted by Gasteiger charge is -2.15. The fourth-order valence-electron chi connectivity index (χ4n) is 2.04. The molecule has 0 heterocycles. The molecule has 0 saturated carbocycles. The van der Waals surface area contributed by atoms with Gasteiger partial charge in [0.05, 0.1) is 14.2 Å². The quantitative estimate of drug-likeness (QED) is 0.931. The normalized spacial score (nSPS) is 12.1. The van der Waals surface area contributed by atoms with Gasteiger partial charge in [0.15, 0.2) is 0 Å². The first-order valence-corrected chi connectivity index (χ1v) is 6.22. The van der Waals surface area contributed by atoms with E-state index in [2.05, 4.69) is 0 Å². The third-order valence-corrected chi connectivity index (χ3v) is 3.14. The molecule has 1 unspecified atom stereocenters. The van der Waals surface area contributed by atoms with Crippen LogP contribution in [0.1, 0.15) is 22.8 Å². The molecule has 0 aliphatic carbocycles. The highest BCUT2D eigenvalue weighted by Gasteiger charge is 2.17. The highest BCUT2D eigenvalue weighted by atomic mass is 19.1. The van der Waals surface area contributed by atoms with Gasteiger partial charge in [-0.2, -0.15) is 0 Å². The van der Waals surface area contributed by atoms with E-state index in [4.69, 9.17) is 9.47 Å². The summed E-state index contributed by atoms with van der Waals surface area (Å²) in [5.41, 5.74) is 1.64. The third-order valence-electron chi connectivity index (χ3n) is 3.14. The van der Waals surface area contributed by atoms with Crippen molar-refractivity contribution in [3.8, 4) is 11.5 Å². The zero-order valence-corrected chi connectivity index (χ0v) is 11.7. The Morgan fingerprint density at radius 2 is 1.60 bits per heavy atom. The van der Waals surface area contributed by atoms with E-state index in [1.807, 2.05) is 6.92 Å². The van der Waals surface area contributed by atoms with E-state index in [9.17, 15) is 9.50 Å². The molecule has 0 fully saturated rings. The maximum atomic E-state index is 13.8. The summed E-state index contributed by atoms with van der Waals surface area (Å²) in [6, 6.07) is 9.67. The van der Waals surface area contributed by atoms with Gasteiger partial charge in [0.2, 0.25) is 0 Å². The van der Waals surface area contributed by atoms with Crippen molar-refractivity contribution in [3.63, 3.8) is 0 Å². The lowest BCUT2D eigenvalue weighted by Crippen LogP contribution is -2.04. The van der Waals surface area contributed by atoms with Crippen LogP contribution in [0.5, 0.6) is 11.5 Å². The van der Waals surface area contributed by atoms with Crippen LogP contribution in [-0.4, -0.2) is 19.3 Å². The minimum absolute atomic E-state index is 0.236. The van der Waals surface area contributed by atoms with Crippen LogP contribution in [0.15, 0.2) is 36.4 Å². The summed E-state index contributed by atoms with van der Waals surface area (Å²) < 4.78 is 24.2. The van der Waals surface area contributed by atoms with Crippen molar-refractivity contribution in [1.29, 1.82) is 0 Å². The fourth-order valence-corrected chi connectivity index (χ4v) is 2.04. The van der Waals surface area contributed by atoms with Gasteiger partial charge in [0.1, 0.15) is 23.4 Å². The number of ether oxygens (including phenoxy) is 2. The number of aliphatic hydroxyl groups excluding tert-OH is 1. The molecular weight excluding hydrogens is 259 g/mol. The summed E-state index contributed by atoms with van der Waals surface area (Å²) in [5, 5.41) is 10.4. The van der Waals surface area contributed by atoms with Gasteiger partial charge < -0.3 is 14.6 Å². The molecular formula is C16H17FO3. The number of halogens is 1. The topological polar surface area (TPSA) is 38.7 Å². The first-order valence-electron chi connectivity index (χ1n) is 6.22. The van der Waals surface area contributed by atoms with Crippen molar-refractivity contribution in [1.82, 2.24) is 0 Å². The molecule has 2 rings (SSSR count). The van der Waals surface area contributed by atoms with E-state index in [-0.39, 0.29) is 5.56 Å². The molecule has 0 aromatic heterocycles. The Morgan fingerprint density at radius 3 is 2.15 bits per heavy atom. The maximum Gasteiger partial charge on any atom is 0.129 e. The largest absolute Gasteiger partial charge is 0.497 e. The van der Waals surface area contributed by atoms with Crippen LogP contribution >= 0.6 is 0 Å². The van der Waals surface area contributed by atoms with Crippen LogP contribution in [0.2, 0.25) is 0 Å². The fraction of sp³-hybridized carbons (Fsp3) is 0.250. The van der Waals surface area contributed by atoms with Gasteiger partial charge in [-0.3, -0.25) is 0 Å². The number of hydrogen-bond donors (Lipinski definition) is 1. The number of aliphatic hydroxyl groups is 1. The van der Waals surface area contributed by atoms with Crippen LogP contribution in [0.4, 0.5) is 4.39 Å². The van der Waals surface area contributed by atoms with Crippen molar-refractivity contribution >= 4 is 0 Å². The number of methoxy groups -OCH3 is 2. The van der Waals surface area contributed by atoms with Crippen molar-refractivity contribution in [2.45, 2.75) is 13.0 Å². The molecule has 1 atom stereocenters. The molecule has 4 heteroatoms. The molecule has 0 saturated heterocycles. The number of hydrogen-bond acceptors (Lipinski definition) is 3. The SMILES string of the molecule is COc1cc(OC)cc(C(O)c2cc(C)ccc2F)c1. The number of rotatable bonds is 4. The molecule has 0 aliphatic heterocycles. The summed E-state index contributed by atoms with van der Waals surface area (Å²) in [7, 11) is 3.05. The monoisotopic (exact) mass is 276 g/mol. The molecule has 20 heavy (non-hydrogen) atoms. The van der Waals surface area contributed by atoms with Gasteiger partial charge in [0.25, 0.3) is 0 Å². The molecule has 0 bridgehead atoms. The highest BCUT2D eigenvalue weighted by Crippen LogP contribution is 2.31. The van der Waals surface area contributed by atoms with Gasteiger partial charge in [-0.15, -0.1) is 0 Å². The van der Waals surface area contributed by atoms with Gasteiger partial charge in [-0.05, 0) is 30.7 Å². The van der Waals surface area contributed by atoms with Crippen LogP contribution in [0.3, 0.4) is 0 Å². The van der Waals surface area contributed by atoms with Gasteiger partial charge >= 0.3 is 0 Å². The minimum Gasteiger partial charge on any atom is -0.497 e. The molecule has 0 spiro atoms. The summed E-state index contributed by atoms with van der Waals surface area (Å²) in [5.74, 6) is 0.655. The molecule has 3 nitrogen and oxygen atoms in total. The Labute approximate surface area is 117 Å². The van der Waals surface area contributed by atoms with E-state index in [1.165, 1.54) is 20.3 Å². The molecule has 1 N–H and O–H groups in total. The van der Waals surface area contributed by atoms with Crippen molar-refractivity contribution in [2.24, 2.45) is 0 Å². The van der Waals surface area contributed by atoms with Gasteiger partial charge in [-0.1, -0.05) is 17.7 Å². The highest BCUT2D eigenvalue weighted by molar-refractivity contribution is 5.43. The summed E-state index contributed by atoms with van der Waals surface area (Å²) in [4.78, 5) is 0. The first-order chi connectivity index (χ1) is 9.55. The molecule has 0 amide bonds. The molecule has 106 valence electrons. The molecule has 0 aliphatic rings. The summed E-state index contributed by atoms with van der Waals surface area (Å²) in [6.45, 7) is 1.85. The van der Waals surface area contributed by atoms with Crippen LogP contribution < -0.4 is 9.47 Å². The van der Waals surface area contributed by atoms with E-state index in [0.29, 0.717) is 17.1 Å². The van der Waals surface area contributed by atoms with E-state index >= 15 is 0 Å². The van der Waals surface area contributed by atoms with Crippen molar-refractivity contribution in [2.75, 3.05) is 14.2 Å². The van der Waals surface area contributed by atoms with E-state index < -0.39 is 11.9 Å². The average Bonchev–Trinajstić information content (AvgIpc) is 2.48. The van der Waals surface area contributed by atoms with Crippen LogP contribution in [0, 0.1) is 12.7 Å². The smallest absolute Gasteiger partial charge is 0.129 e. The number of aryl methyl sites for hydroxylation is 1. The summed E-state index contributed by atoms with van der Waals surface area (Å²) >= 11 is 0. The molecule has 2 aromatic rings. The maximum absolute atomic E-state index is 13.8. The zero-order chi connectivity index (χ0) is 14.7. The molecule has 2 aromatic carbocycles. The second kappa shape index (κ2) is 5.92. The van der Waals surface area contributed by atoms with E-state index in [1.54, 1.807) is 30.3 Å². The summed E-state index contributed by atoms with van der Waals surface area (Å²) in [6.07, 6.45) is -1.07. The Morgan fingerprint density at radius 1 is 1.00 bits per heavy atom. The van der Waals surface area contributed by atoms with E-state index in [0.717, 1.165) is 5.56 Å². The zero-order valence-electron chi connectivity index (χ0n) is 11.7. The van der Waals surface area contributed by atoms with Gasteiger partial charge in [-0.25, -0.2) is 4.39 Å². The number of benzene rings is 2. The predicted molar refractivity (Wildman–Crippen MR) is 74.7 cm³/mol. The Hall–Kier alpha value is -2.07. The van der Waals surface area contributed by atoms with Crippen molar-refractivity contribution in [3.05, 3.63) is 58.9 Å². The third kappa shape index (κ3) is 2.91. The molecule has 0 radical (unpaired) electrons. The lowest BCUT2D eigenvalue weighted by molar-refractivity contribution is 0.213. The first kappa shape index (κ1) is 14.3. The Bertz CT molecular complexity index is 588. The van der Waals surface area contributed by atoms with Crippen molar-refractivity contribution < 1.29 is 19.0 Å². The average molecular weight is 276 g/mol. The standard InChI is InChI=1S/C16H17FO3/c1-10-4-5-15(17)14(6-10)16(18)11-7-12(19-2)9-13(8-11)20-3/h4-9,16,18H,1-3H3. The van der Waals surface area contributed by atoms with Crippen LogP contribution in [0.25, 0.3) is 0 Å². The minimum atomic E-state index is -1.07.